The molecule has 1 N–H and O–H groups in total. The number of para-hydroxylation sites is 1. The summed E-state index contributed by atoms with van der Waals surface area (Å²) in [5.74, 6) is 0.887. The summed E-state index contributed by atoms with van der Waals surface area (Å²) in [6.07, 6.45) is 4.69. The van der Waals surface area contributed by atoms with Crippen molar-refractivity contribution in [3.63, 3.8) is 0 Å². The first-order valence-corrected chi connectivity index (χ1v) is 9.97. The van der Waals surface area contributed by atoms with Crippen LogP contribution in [-0.4, -0.2) is 23.9 Å². The van der Waals surface area contributed by atoms with Gasteiger partial charge in [0.15, 0.2) is 10.9 Å². The number of nitrogens with one attached hydrogen (secondary N) is 1. The van der Waals surface area contributed by atoms with Crippen LogP contribution in [-0.2, 0) is 12.8 Å². The molecule has 1 aliphatic rings. The molecule has 3 aromatic rings. The summed E-state index contributed by atoms with van der Waals surface area (Å²) >= 11 is 1.54. The van der Waals surface area contributed by atoms with E-state index in [1.807, 2.05) is 31.2 Å². The summed E-state index contributed by atoms with van der Waals surface area (Å²) in [6, 6.07) is 12.1. The normalized spacial score (nSPS) is 12.9. The number of nitrogens with zero attached hydrogens (tertiary/aromatic N) is 1. The van der Waals surface area contributed by atoms with Crippen molar-refractivity contribution in [2.45, 2.75) is 32.6 Å². The van der Waals surface area contributed by atoms with Gasteiger partial charge >= 0.3 is 0 Å². The number of carbonyl (C=O) groups is 1. The zero-order valence-corrected chi connectivity index (χ0v) is 17.8. The number of aryl methyl sites for hydroxylation is 2. The molecule has 0 radical (unpaired) electrons. The number of ketones is 1. The number of thiazole rings is 1. The Labute approximate surface area is 173 Å². The molecule has 0 bridgehead atoms. The first kappa shape index (κ1) is 19.8. The van der Waals surface area contributed by atoms with Crippen molar-refractivity contribution < 1.29 is 9.53 Å². The number of Topliss-reactive ketones (excluding diaryl/α,β-unsaturated/α-hetero) is 1. The van der Waals surface area contributed by atoms with Gasteiger partial charge in [-0.15, -0.1) is 17.0 Å². The van der Waals surface area contributed by atoms with Gasteiger partial charge in [-0.25, -0.2) is 4.98 Å². The van der Waals surface area contributed by atoms with Gasteiger partial charge in [0.2, 0.25) is 0 Å². The maximum atomic E-state index is 12.6. The molecule has 6 heteroatoms. The lowest BCUT2D eigenvalue weighted by molar-refractivity contribution is 0.101. The minimum Gasteiger partial charge on any atom is -0.492 e. The van der Waals surface area contributed by atoms with E-state index in [2.05, 4.69) is 22.4 Å². The minimum atomic E-state index is 0. The predicted octanol–water partition coefficient (Wildman–Crippen LogP) is 5.45. The first-order valence-electron chi connectivity index (χ1n) is 9.16. The average molecular weight is 447 g/mol. The van der Waals surface area contributed by atoms with Gasteiger partial charge in [-0.3, -0.25) is 4.79 Å². The van der Waals surface area contributed by atoms with Crippen LogP contribution in [0.5, 0.6) is 5.75 Å². The predicted molar refractivity (Wildman–Crippen MR) is 117 cm³/mol. The molecule has 1 aliphatic carbocycles. The third-order valence-corrected chi connectivity index (χ3v) is 5.73. The highest BCUT2D eigenvalue weighted by molar-refractivity contribution is 8.93. The fourth-order valence-electron chi connectivity index (χ4n) is 3.44. The monoisotopic (exact) mass is 446 g/mol. The molecule has 0 saturated carbocycles. The Bertz CT molecular complexity index is 955. The maximum absolute atomic E-state index is 12.6. The molecule has 2 aromatic carbocycles. The van der Waals surface area contributed by atoms with Gasteiger partial charge < -0.3 is 10.1 Å². The second kappa shape index (κ2) is 8.85. The molecule has 4 rings (SSSR count). The highest BCUT2D eigenvalue weighted by Gasteiger charge is 2.14. The molecule has 1 heterocycles. The van der Waals surface area contributed by atoms with Gasteiger partial charge in [-0.2, -0.15) is 0 Å². The number of ether oxygens (including phenoxy) is 1. The molecule has 0 aliphatic heterocycles. The van der Waals surface area contributed by atoms with E-state index in [0.29, 0.717) is 6.61 Å². The van der Waals surface area contributed by atoms with E-state index in [1.165, 1.54) is 24.0 Å². The van der Waals surface area contributed by atoms with E-state index in [4.69, 9.17) is 4.74 Å². The highest BCUT2D eigenvalue weighted by atomic mass is 79.9. The number of hydrogen-bond donors (Lipinski definition) is 1. The minimum absolute atomic E-state index is 0. The van der Waals surface area contributed by atoms with E-state index in [9.17, 15) is 4.79 Å². The molecule has 0 fully saturated rings. The summed E-state index contributed by atoms with van der Waals surface area (Å²) in [7, 11) is 0. The highest BCUT2D eigenvalue weighted by Crippen LogP contribution is 2.32. The molecular weight excluding hydrogens is 424 g/mol. The van der Waals surface area contributed by atoms with Crippen LogP contribution in [0, 0.1) is 0 Å². The molecule has 0 atom stereocenters. The second-order valence-electron chi connectivity index (χ2n) is 6.52. The Balaban J connectivity index is 0.00000210. The average Bonchev–Trinajstić information content (AvgIpc) is 3.10. The van der Waals surface area contributed by atoms with Crippen molar-refractivity contribution in [3.05, 3.63) is 53.1 Å². The quantitative estimate of drug-likeness (QED) is 0.511. The first-order chi connectivity index (χ1) is 12.7. The van der Waals surface area contributed by atoms with Crippen LogP contribution in [0.25, 0.3) is 10.2 Å². The Morgan fingerprint density at radius 1 is 1.19 bits per heavy atom. The van der Waals surface area contributed by atoms with Gasteiger partial charge in [0.25, 0.3) is 0 Å². The molecule has 0 unspecified atom stereocenters. The number of aromatic nitrogens is 1. The van der Waals surface area contributed by atoms with Crippen LogP contribution in [0.1, 0.15) is 41.3 Å². The lowest BCUT2D eigenvalue weighted by atomic mass is 9.90. The topological polar surface area (TPSA) is 51.2 Å². The lowest BCUT2D eigenvalue weighted by Crippen LogP contribution is -2.15. The third-order valence-electron chi connectivity index (χ3n) is 4.75. The van der Waals surface area contributed by atoms with Crippen LogP contribution >= 0.6 is 28.3 Å². The Morgan fingerprint density at radius 2 is 2.00 bits per heavy atom. The largest absolute Gasteiger partial charge is 0.492 e. The summed E-state index contributed by atoms with van der Waals surface area (Å²) in [5, 5.41) is 3.93. The van der Waals surface area contributed by atoms with Crippen molar-refractivity contribution in [1.82, 2.24) is 4.98 Å². The van der Waals surface area contributed by atoms with E-state index >= 15 is 0 Å². The number of benzene rings is 2. The molecule has 4 nitrogen and oxygen atoms in total. The Morgan fingerprint density at radius 3 is 2.81 bits per heavy atom. The third kappa shape index (κ3) is 4.33. The molecule has 142 valence electrons. The summed E-state index contributed by atoms with van der Waals surface area (Å²) in [4.78, 5) is 17.2. The smallest absolute Gasteiger partial charge is 0.184 e. The van der Waals surface area contributed by atoms with Gasteiger partial charge in [0.05, 0.1) is 17.9 Å². The van der Waals surface area contributed by atoms with Crippen LogP contribution < -0.4 is 10.1 Å². The number of hydrogen-bond acceptors (Lipinski definition) is 5. The molecular formula is C21H23BrN2O2S. The number of anilines is 1. The second-order valence-corrected chi connectivity index (χ2v) is 7.55. The van der Waals surface area contributed by atoms with E-state index in [1.54, 1.807) is 11.3 Å². The zero-order chi connectivity index (χ0) is 17.9. The number of rotatable bonds is 6. The maximum Gasteiger partial charge on any atom is 0.184 e. The summed E-state index contributed by atoms with van der Waals surface area (Å²) in [5.41, 5.74) is 4.37. The number of fused-ring (bicyclic) bond motifs is 2. The van der Waals surface area contributed by atoms with Crippen molar-refractivity contribution in [2.75, 3.05) is 18.5 Å². The van der Waals surface area contributed by atoms with E-state index < -0.39 is 0 Å². The Kier molecular flexibility index (Phi) is 6.50. The van der Waals surface area contributed by atoms with Gasteiger partial charge in [-0.05, 0) is 61.9 Å². The molecule has 27 heavy (non-hydrogen) atoms. The molecule has 0 saturated heterocycles. The standard InChI is InChI=1S/C21H22N2O2S.BrH/c1-2-25-18-8-5-9-19-20(18)23-21(26-19)22-13-17(24)16-11-10-14-6-3-4-7-15(14)12-16;/h5,8-12H,2-4,6-7,13H2,1H3,(H,22,23);1H. The van der Waals surface area contributed by atoms with Gasteiger partial charge in [-0.1, -0.05) is 29.5 Å². The summed E-state index contributed by atoms with van der Waals surface area (Å²) < 4.78 is 6.68. The fraction of sp³-hybridized carbons (Fsp3) is 0.333. The van der Waals surface area contributed by atoms with Crippen LogP contribution in [0.3, 0.4) is 0 Å². The van der Waals surface area contributed by atoms with E-state index in [-0.39, 0.29) is 29.3 Å². The summed E-state index contributed by atoms with van der Waals surface area (Å²) in [6.45, 7) is 2.82. The van der Waals surface area contributed by atoms with Gasteiger partial charge in [0, 0.05) is 5.56 Å². The number of halogens is 1. The van der Waals surface area contributed by atoms with Crippen LogP contribution in [0.4, 0.5) is 5.13 Å². The number of carbonyl (C=O) groups excluding carboxylic acids is 1. The molecule has 1 aromatic heterocycles. The van der Waals surface area contributed by atoms with Crippen molar-refractivity contribution in [2.24, 2.45) is 0 Å². The SMILES string of the molecule is Br.CCOc1cccc2sc(NCC(=O)c3ccc4c(c3)CCCC4)nc12. The molecule has 0 spiro atoms. The van der Waals surface area contributed by atoms with Gasteiger partial charge in [0.1, 0.15) is 11.3 Å². The van der Waals surface area contributed by atoms with Crippen molar-refractivity contribution in [1.29, 1.82) is 0 Å². The van der Waals surface area contributed by atoms with Crippen molar-refractivity contribution >= 4 is 49.4 Å². The fourth-order valence-corrected chi connectivity index (χ4v) is 4.31. The van der Waals surface area contributed by atoms with E-state index in [0.717, 1.165) is 39.5 Å². The van der Waals surface area contributed by atoms with Crippen LogP contribution in [0.2, 0.25) is 0 Å². The Hall–Kier alpha value is -1.92. The van der Waals surface area contributed by atoms with Crippen molar-refractivity contribution in [3.8, 4) is 5.75 Å². The molecule has 0 amide bonds. The van der Waals surface area contributed by atoms with Crippen LogP contribution in [0.15, 0.2) is 36.4 Å². The zero-order valence-electron chi connectivity index (χ0n) is 15.3. The lowest BCUT2D eigenvalue weighted by Gasteiger charge is -2.16.